The number of fused-ring (bicyclic) bond motifs is 2. The van der Waals surface area contributed by atoms with Gasteiger partial charge in [0.1, 0.15) is 0 Å². The average Bonchev–Trinajstić information content (AvgIpc) is 2.91. The average molecular weight is 290 g/mol. The first kappa shape index (κ1) is 13.7. The third kappa shape index (κ3) is 2.58. The first-order chi connectivity index (χ1) is 10.9. The molecule has 2 heterocycles. The fourth-order valence-electron chi connectivity index (χ4n) is 3.63. The van der Waals surface area contributed by atoms with E-state index < -0.39 is 0 Å². The van der Waals surface area contributed by atoms with Crippen molar-refractivity contribution in [2.75, 3.05) is 16.8 Å². The topological polar surface area (TPSA) is 15.3 Å². The van der Waals surface area contributed by atoms with Crippen LogP contribution in [0.3, 0.4) is 0 Å². The van der Waals surface area contributed by atoms with Crippen LogP contribution in [0.25, 0.3) is 0 Å². The standard InChI is InChI=1S/C20H22N2/c1-3-10-19-16(7-1)12-13-18(15-21-19)22-14-6-5-9-17-8-2-4-11-20(17)22/h1-4,7-8,10-11,18,21H,5-6,9,12-13,15H2. The zero-order valence-electron chi connectivity index (χ0n) is 12.9. The van der Waals surface area contributed by atoms with Crippen molar-refractivity contribution in [2.24, 2.45) is 0 Å². The molecule has 112 valence electrons. The van der Waals surface area contributed by atoms with Crippen molar-refractivity contribution in [3.63, 3.8) is 0 Å². The molecule has 2 aromatic carbocycles. The fraction of sp³-hybridized carbons (Fsp3) is 0.350. The normalized spacial score (nSPS) is 21.1. The van der Waals surface area contributed by atoms with E-state index in [0.717, 1.165) is 19.4 Å². The molecular weight excluding hydrogens is 268 g/mol. The largest absolute Gasteiger partial charge is 0.383 e. The molecule has 2 aromatic rings. The molecule has 1 atom stereocenters. The highest BCUT2D eigenvalue weighted by Crippen LogP contribution is 2.32. The smallest absolute Gasteiger partial charge is 0.0916 e. The van der Waals surface area contributed by atoms with Gasteiger partial charge in [-0.2, -0.15) is 0 Å². The molecular formula is C20H22N2. The summed E-state index contributed by atoms with van der Waals surface area (Å²) < 4.78 is 0. The van der Waals surface area contributed by atoms with Gasteiger partial charge in [-0.1, -0.05) is 36.4 Å². The lowest BCUT2D eigenvalue weighted by atomic mass is 10.0. The predicted octanol–water partition coefficient (Wildman–Crippen LogP) is 4.29. The summed E-state index contributed by atoms with van der Waals surface area (Å²) in [5.74, 6) is 0. The van der Waals surface area contributed by atoms with E-state index in [1.807, 2.05) is 0 Å². The number of benzene rings is 2. The SMILES string of the molecule is [C]1CCCc2ccccc2N1C1CCc2ccccc2NC1. The Bertz CT molecular complexity index is 623. The van der Waals surface area contributed by atoms with Crippen LogP contribution < -0.4 is 10.2 Å². The predicted molar refractivity (Wildman–Crippen MR) is 92.1 cm³/mol. The van der Waals surface area contributed by atoms with Gasteiger partial charge >= 0.3 is 0 Å². The van der Waals surface area contributed by atoms with E-state index >= 15 is 0 Å². The summed E-state index contributed by atoms with van der Waals surface area (Å²) in [6, 6.07) is 18.0. The number of hydrogen-bond acceptors (Lipinski definition) is 2. The molecule has 0 saturated heterocycles. The monoisotopic (exact) mass is 290 g/mol. The zero-order chi connectivity index (χ0) is 14.8. The first-order valence-corrected chi connectivity index (χ1v) is 8.34. The minimum Gasteiger partial charge on any atom is -0.383 e. The van der Waals surface area contributed by atoms with Gasteiger partial charge < -0.3 is 10.2 Å². The molecule has 0 aliphatic carbocycles. The molecule has 0 amide bonds. The van der Waals surface area contributed by atoms with Crippen LogP contribution in [0, 0.1) is 6.54 Å². The van der Waals surface area contributed by atoms with E-state index in [4.69, 9.17) is 0 Å². The molecule has 2 heteroatoms. The van der Waals surface area contributed by atoms with Crippen molar-refractivity contribution in [3.05, 3.63) is 66.2 Å². The third-order valence-corrected chi connectivity index (χ3v) is 4.81. The second kappa shape index (κ2) is 6.04. The van der Waals surface area contributed by atoms with E-state index in [9.17, 15) is 0 Å². The zero-order valence-corrected chi connectivity index (χ0v) is 12.9. The second-order valence-electron chi connectivity index (χ2n) is 6.24. The summed E-state index contributed by atoms with van der Waals surface area (Å²) in [5, 5.41) is 3.64. The van der Waals surface area contributed by atoms with Crippen LogP contribution in [-0.2, 0) is 12.8 Å². The van der Waals surface area contributed by atoms with Gasteiger partial charge in [0, 0.05) is 24.0 Å². The molecule has 2 radical (unpaired) electrons. The minimum atomic E-state index is 0.478. The van der Waals surface area contributed by atoms with Crippen LogP contribution in [0.2, 0.25) is 0 Å². The van der Waals surface area contributed by atoms with E-state index in [0.29, 0.717) is 6.04 Å². The Labute approximate surface area is 133 Å². The van der Waals surface area contributed by atoms with E-state index in [2.05, 4.69) is 65.3 Å². The number of hydrogen-bond donors (Lipinski definition) is 1. The second-order valence-corrected chi connectivity index (χ2v) is 6.24. The van der Waals surface area contributed by atoms with Crippen molar-refractivity contribution in [1.82, 2.24) is 0 Å². The van der Waals surface area contributed by atoms with Crippen molar-refractivity contribution < 1.29 is 0 Å². The quantitative estimate of drug-likeness (QED) is 0.842. The summed E-state index contributed by atoms with van der Waals surface area (Å²) in [7, 11) is 0. The van der Waals surface area contributed by atoms with Crippen molar-refractivity contribution in [2.45, 2.75) is 38.1 Å². The van der Waals surface area contributed by atoms with Gasteiger partial charge in [0.2, 0.25) is 0 Å². The van der Waals surface area contributed by atoms with Crippen LogP contribution in [-0.4, -0.2) is 12.6 Å². The lowest BCUT2D eigenvalue weighted by molar-refractivity contribution is 0.602. The van der Waals surface area contributed by atoms with Crippen LogP contribution in [0.1, 0.15) is 30.4 Å². The Morgan fingerprint density at radius 3 is 2.73 bits per heavy atom. The van der Waals surface area contributed by atoms with E-state index in [-0.39, 0.29) is 0 Å². The van der Waals surface area contributed by atoms with Gasteiger partial charge in [0.15, 0.2) is 0 Å². The van der Waals surface area contributed by atoms with Crippen LogP contribution in [0.15, 0.2) is 48.5 Å². The van der Waals surface area contributed by atoms with Gasteiger partial charge in [-0.05, 0) is 55.4 Å². The Balaban J connectivity index is 1.60. The Hall–Kier alpha value is -1.96. The lowest BCUT2D eigenvalue weighted by Crippen LogP contribution is -2.38. The molecule has 1 N–H and O–H groups in total. The summed E-state index contributed by atoms with van der Waals surface area (Å²) in [6.07, 6.45) is 5.73. The van der Waals surface area contributed by atoms with E-state index in [1.54, 1.807) is 0 Å². The first-order valence-electron chi connectivity index (χ1n) is 8.34. The molecule has 0 saturated carbocycles. The maximum atomic E-state index is 3.66. The molecule has 0 aromatic heterocycles. The Kier molecular flexibility index (Phi) is 3.75. The van der Waals surface area contributed by atoms with Gasteiger partial charge in [-0.3, -0.25) is 0 Å². The molecule has 0 bridgehead atoms. The maximum Gasteiger partial charge on any atom is 0.0916 e. The van der Waals surface area contributed by atoms with Gasteiger partial charge in [-0.15, -0.1) is 0 Å². The number of rotatable bonds is 1. The number of anilines is 2. The summed E-state index contributed by atoms with van der Waals surface area (Å²) in [6.45, 7) is 4.64. The molecule has 22 heavy (non-hydrogen) atoms. The Morgan fingerprint density at radius 1 is 0.955 bits per heavy atom. The molecule has 1 unspecified atom stereocenters. The van der Waals surface area contributed by atoms with E-state index in [1.165, 1.54) is 41.8 Å². The van der Waals surface area contributed by atoms with Crippen LogP contribution >= 0.6 is 0 Å². The summed E-state index contributed by atoms with van der Waals surface area (Å²) >= 11 is 0. The minimum absolute atomic E-state index is 0.478. The molecule has 2 aliphatic heterocycles. The number of nitrogens with one attached hydrogen (secondary N) is 1. The third-order valence-electron chi connectivity index (χ3n) is 4.81. The Morgan fingerprint density at radius 2 is 1.77 bits per heavy atom. The maximum absolute atomic E-state index is 3.66. The van der Waals surface area contributed by atoms with Crippen molar-refractivity contribution in [1.29, 1.82) is 0 Å². The molecule has 0 spiro atoms. The molecule has 2 nitrogen and oxygen atoms in total. The number of para-hydroxylation sites is 2. The van der Waals surface area contributed by atoms with Crippen LogP contribution in [0.5, 0.6) is 0 Å². The number of nitrogens with zero attached hydrogens (tertiary/aromatic N) is 1. The molecule has 2 aliphatic rings. The lowest BCUT2D eigenvalue weighted by Gasteiger charge is -2.32. The van der Waals surface area contributed by atoms with Gasteiger partial charge in [-0.25, -0.2) is 0 Å². The summed E-state index contributed by atoms with van der Waals surface area (Å²) in [5.41, 5.74) is 5.56. The molecule has 0 fully saturated rings. The number of aryl methyl sites for hydroxylation is 2. The highest BCUT2D eigenvalue weighted by atomic mass is 15.2. The highest BCUT2D eigenvalue weighted by molar-refractivity contribution is 5.58. The van der Waals surface area contributed by atoms with Crippen molar-refractivity contribution >= 4 is 11.4 Å². The molecule has 4 rings (SSSR count). The summed E-state index contributed by atoms with van der Waals surface area (Å²) in [4.78, 5) is 2.42. The fourth-order valence-corrected chi connectivity index (χ4v) is 3.63. The highest BCUT2D eigenvalue weighted by Gasteiger charge is 2.25. The van der Waals surface area contributed by atoms with Gasteiger partial charge in [0.05, 0.1) is 6.54 Å². The van der Waals surface area contributed by atoms with Crippen molar-refractivity contribution in [3.8, 4) is 0 Å². The van der Waals surface area contributed by atoms with Crippen LogP contribution in [0.4, 0.5) is 11.4 Å². The van der Waals surface area contributed by atoms with Gasteiger partial charge in [0.25, 0.3) is 0 Å².